The van der Waals surface area contributed by atoms with Crippen LogP contribution in [0.2, 0.25) is 0 Å². The highest BCUT2D eigenvalue weighted by Crippen LogP contribution is 2.28. The average molecular weight is 485 g/mol. The summed E-state index contributed by atoms with van der Waals surface area (Å²) in [5.41, 5.74) is 2.48. The second kappa shape index (κ2) is 10.1. The zero-order chi connectivity index (χ0) is 23.4. The molecule has 1 N–H and O–H groups in total. The number of sulfonamides is 1. The Hall–Kier alpha value is -2.68. The fourth-order valence-electron chi connectivity index (χ4n) is 3.80. The van der Waals surface area contributed by atoms with Gasteiger partial charge in [-0.1, -0.05) is 18.2 Å². The summed E-state index contributed by atoms with van der Waals surface area (Å²) in [5, 5.41) is 4.88. The van der Waals surface area contributed by atoms with Crippen LogP contribution in [0.1, 0.15) is 40.2 Å². The Labute approximate surface area is 199 Å². The van der Waals surface area contributed by atoms with Gasteiger partial charge in [0.15, 0.2) is 0 Å². The van der Waals surface area contributed by atoms with Gasteiger partial charge in [-0.2, -0.15) is 4.31 Å². The van der Waals surface area contributed by atoms with Gasteiger partial charge in [-0.15, -0.1) is 11.3 Å². The number of fused-ring (bicyclic) bond motifs is 1. The van der Waals surface area contributed by atoms with Gasteiger partial charge in [0, 0.05) is 30.1 Å². The molecule has 6 nitrogen and oxygen atoms in total. The van der Waals surface area contributed by atoms with Crippen molar-refractivity contribution < 1.29 is 17.9 Å². The predicted molar refractivity (Wildman–Crippen MR) is 130 cm³/mol. The van der Waals surface area contributed by atoms with Crippen molar-refractivity contribution in [2.24, 2.45) is 0 Å². The normalized spacial score (nSPS) is 14.2. The largest absolute Gasteiger partial charge is 0.491 e. The molecule has 0 radical (unpaired) electrons. The number of hydrogen-bond acceptors (Lipinski definition) is 5. The molecule has 0 aliphatic carbocycles. The lowest BCUT2D eigenvalue weighted by Crippen LogP contribution is -2.35. The van der Waals surface area contributed by atoms with Crippen LogP contribution in [0.15, 0.2) is 64.9 Å². The van der Waals surface area contributed by atoms with Crippen molar-refractivity contribution in [1.29, 1.82) is 0 Å². The third-order valence-electron chi connectivity index (χ3n) is 5.50. The second-order valence-corrected chi connectivity index (χ2v) is 11.2. The van der Waals surface area contributed by atoms with Crippen LogP contribution >= 0.6 is 11.3 Å². The Bertz CT molecular complexity index is 1220. The minimum absolute atomic E-state index is 0.123. The highest BCUT2D eigenvalue weighted by Gasteiger charge is 2.29. The predicted octanol–water partition coefficient (Wildman–Crippen LogP) is 4.25. The highest BCUT2D eigenvalue weighted by atomic mass is 32.2. The van der Waals surface area contributed by atoms with E-state index < -0.39 is 10.0 Å². The first-order valence-corrected chi connectivity index (χ1v) is 13.3. The number of carbonyl (C=O) groups is 1. The van der Waals surface area contributed by atoms with Gasteiger partial charge in [0.25, 0.3) is 5.91 Å². The minimum atomic E-state index is -3.67. The summed E-state index contributed by atoms with van der Waals surface area (Å²) in [7, 11) is -3.67. The average Bonchev–Trinajstić information content (AvgIpc) is 3.28. The second-order valence-electron chi connectivity index (χ2n) is 8.30. The molecule has 0 atom stereocenters. The van der Waals surface area contributed by atoms with Crippen molar-refractivity contribution in [2.45, 2.75) is 44.2 Å². The van der Waals surface area contributed by atoms with Gasteiger partial charge in [-0.3, -0.25) is 4.79 Å². The van der Waals surface area contributed by atoms with Crippen LogP contribution in [0.25, 0.3) is 0 Å². The van der Waals surface area contributed by atoms with Crippen molar-refractivity contribution in [3.63, 3.8) is 0 Å². The summed E-state index contributed by atoms with van der Waals surface area (Å²) >= 11 is 1.67. The SMILES string of the molecule is CC(C)Oc1ccc(CCNC(=O)c2cccc(S(=O)(=O)N3CCc4sccc4C3)c2)cc1. The summed E-state index contributed by atoms with van der Waals surface area (Å²) < 4.78 is 33.5. The van der Waals surface area contributed by atoms with Crippen molar-refractivity contribution in [3.05, 3.63) is 81.5 Å². The maximum atomic E-state index is 13.2. The maximum absolute atomic E-state index is 13.2. The molecular weight excluding hydrogens is 456 g/mol. The molecule has 8 heteroatoms. The van der Waals surface area contributed by atoms with Crippen molar-refractivity contribution in [2.75, 3.05) is 13.1 Å². The van der Waals surface area contributed by atoms with E-state index in [2.05, 4.69) is 5.32 Å². The number of nitrogens with one attached hydrogen (secondary N) is 1. The van der Waals surface area contributed by atoms with Crippen LogP contribution < -0.4 is 10.1 Å². The van der Waals surface area contributed by atoms with Crippen LogP contribution in [0.4, 0.5) is 0 Å². The quantitative estimate of drug-likeness (QED) is 0.519. The molecule has 0 spiro atoms. The first-order valence-electron chi connectivity index (χ1n) is 11.0. The third kappa shape index (κ3) is 5.63. The molecule has 1 amide bonds. The Balaban J connectivity index is 1.36. The molecule has 33 heavy (non-hydrogen) atoms. The van der Waals surface area contributed by atoms with Gasteiger partial charge in [0.05, 0.1) is 11.0 Å². The van der Waals surface area contributed by atoms with E-state index in [4.69, 9.17) is 4.74 Å². The van der Waals surface area contributed by atoms with E-state index >= 15 is 0 Å². The first-order chi connectivity index (χ1) is 15.8. The number of nitrogens with zero attached hydrogens (tertiary/aromatic N) is 1. The summed E-state index contributed by atoms with van der Waals surface area (Å²) in [5.74, 6) is 0.533. The number of hydrogen-bond donors (Lipinski definition) is 1. The summed E-state index contributed by atoms with van der Waals surface area (Å²) in [6, 6.07) is 16.1. The highest BCUT2D eigenvalue weighted by molar-refractivity contribution is 7.89. The topological polar surface area (TPSA) is 75.7 Å². The van der Waals surface area contributed by atoms with Gasteiger partial charge in [0.2, 0.25) is 10.0 Å². The number of benzene rings is 2. The van der Waals surface area contributed by atoms with Crippen molar-refractivity contribution in [1.82, 2.24) is 9.62 Å². The summed E-state index contributed by atoms with van der Waals surface area (Å²) in [4.78, 5) is 14.1. The number of rotatable bonds is 8. The molecular formula is C25H28N2O4S2. The van der Waals surface area contributed by atoms with E-state index in [1.165, 1.54) is 15.2 Å². The van der Waals surface area contributed by atoms with Crippen molar-refractivity contribution in [3.8, 4) is 5.75 Å². The maximum Gasteiger partial charge on any atom is 0.251 e. The van der Waals surface area contributed by atoms with Crippen LogP contribution in [0.5, 0.6) is 5.75 Å². The molecule has 0 fully saturated rings. The van der Waals surface area contributed by atoms with E-state index in [1.807, 2.05) is 49.6 Å². The van der Waals surface area contributed by atoms with Crippen LogP contribution in [-0.2, 0) is 29.4 Å². The lowest BCUT2D eigenvalue weighted by molar-refractivity contribution is 0.0954. The molecule has 1 aliphatic rings. The van der Waals surface area contributed by atoms with Gasteiger partial charge in [-0.25, -0.2) is 8.42 Å². The van der Waals surface area contributed by atoms with E-state index in [1.54, 1.807) is 29.5 Å². The molecule has 0 bridgehead atoms. The molecule has 0 saturated carbocycles. The van der Waals surface area contributed by atoms with Crippen molar-refractivity contribution >= 4 is 27.3 Å². The molecule has 4 rings (SSSR count). The Kier molecular flexibility index (Phi) is 7.17. The molecule has 1 aliphatic heterocycles. The lowest BCUT2D eigenvalue weighted by atomic mass is 10.1. The molecule has 0 saturated heterocycles. The molecule has 1 aromatic heterocycles. The Morgan fingerprint density at radius 1 is 1.15 bits per heavy atom. The van der Waals surface area contributed by atoms with Gasteiger partial charge in [0.1, 0.15) is 5.75 Å². The lowest BCUT2D eigenvalue weighted by Gasteiger charge is -2.26. The van der Waals surface area contributed by atoms with E-state index in [-0.39, 0.29) is 16.9 Å². The van der Waals surface area contributed by atoms with Crippen LogP contribution in [0.3, 0.4) is 0 Å². The number of carbonyl (C=O) groups excluding carboxylic acids is 1. The Morgan fingerprint density at radius 2 is 1.94 bits per heavy atom. The molecule has 2 heterocycles. The van der Waals surface area contributed by atoms with Gasteiger partial charge in [-0.05, 0) is 79.6 Å². The number of ether oxygens (including phenoxy) is 1. The van der Waals surface area contributed by atoms with Crippen LogP contribution in [-0.4, -0.2) is 37.8 Å². The third-order valence-corrected chi connectivity index (χ3v) is 8.37. The first kappa shape index (κ1) is 23.5. The zero-order valence-electron chi connectivity index (χ0n) is 18.8. The molecule has 3 aromatic rings. The fourth-order valence-corrected chi connectivity index (χ4v) is 6.16. The Morgan fingerprint density at radius 3 is 2.70 bits per heavy atom. The zero-order valence-corrected chi connectivity index (χ0v) is 20.4. The summed E-state index contributed by atoms with van der Waals surface area (Å²) in [6.45, 7) is 5.24. The number of thiophene rings is 1. The van der Waals surface area contributed by atoms with Gasteiger partial charge < -0.3 is 10.1 Å². The molecule has 2 aromatic carbocycles. The molecule has 0 unspecified atom stereocenters. The van der Waals surface area contributed by atoms with Crippen LogP contribution in [0, 0.1) is 0 Å². The van der Waals surface area contributed by atoms with Gasteiger partial charge >= 0.3 is 0 Å². The fraction of sp³-hybridized carbons (Fsp3) is 0.320. The van der Waals surface area contributed by atoms with E-state index in [0.29, 0.717) is 31.6 Å². The minimum Gasteiger partial charge on any atom is -0.491 e. The van der Waals surface area contributed by atoms with E-state index in [0.717, 1.165) is 23.3 Å². The monoisotopic (exact) mass is 484 g/mol. The standard InChI is InChI=1S/C25H28N2O4S2/c1-18(2)31-22-8-6-19(7-9-22)10-13-26-25(28)20-4-3-5-23(16-20)33(29,30)27-14-11-24-21(17-27)12-15-32-24/h3-9,12,15-16,18H,10-11,13-14,17H2,1-2H3,(H,26,28). The number of amides is 1. The smallest absolute Gasteiger partial charge is 0.251 e. The molecule has 174 valence electrons. The summed E-state index contributed by atoms with van der Waals surface area (Å²) in [6.07, 6.45) is 1.51. The van der Waals surface area contributed by atoms with E-state index in [9.17, 15) is 13.2 Å².